The van der Waals surface area contributed by atoms with E-state index in [0.717, 1.165) is 12.8 Å². The number of rotatable bonds is 14. The van der Waals surface area contributed by atoms with Crippen molar-refractivity contribution in [2.45, 2.75) is 91.0 Å². The predicted octanol–water partition coefficient (Wildman–Crippen LogP) is 4.65. The maximum absolute atomic E-state index is 11.5. The molecule has 0 radical (unpaired) electrons. The summed E-state index contributed by atoms with van der Waals surface area (Å²) in [5, 5.41) is 11.8. The van der Waals surface area contributed by atoms with Crippen molar-refractivity contribution in [1.82, 2.24) is 5.32 Å². The topological polar surface area (TPSA) is 58.6 Å². The van der Waals surface area contributed by atoms with Gasteiger partial charge in [0.1, 0.15) is 0 Å². The lowest BCUT2D eigenvalue weighted by molar-refractivity contribution is 0.127. The summed E-state index contributed by atoms with van der Waals surface area (Å²) in [5.74, 6) is 0.204. The Morgan fingerprint density at radius 2 is 1.45 bits per heavy atom. The Balaban J connectivity index is 3.33. The molecular weight excluding hydrogens is 278 g/mol. The SMILES string of the molecule is CCCCCCCCCCCCOC(=O)N[C@H](CO)C(C)C. The van der Waals surface area contributed by atoms with Crippen molar-refractivity contribution in [2.24, 2.45) is 5.92 Å². The van der Waals surface area contributed by atoms with E-state index in [1.807, 2.05) is 13.8 Å². The Kier molecular flexibility index (Phi) is 14.6. The number of alkyl carbamates (subject to hydrolysis) is 1. The van der Waals surface area contributed by atoms with Gasteiger partial charge in [0.25, 0.3) is 0 Å². The molecular formula is C18H37NO3. The fourth-order valence-electron chi connectivity index (χ4n) is 2.37. The quantitative estimate of drug-likeness (QED) is 0.459. The molecule has 0 unspecified atom stereocenters. The largest absolute Gasteiger partial charge is 0.450 e. The molecule has 22 heavy (non-hydrogen) atoms. The van der Waals surface area contributed by atoms with Gasteiger partial charge in [0.15, 0.2) is 0 Å². The van der Waals surface area contributed by atoms with E-state index < -0.39 is 6.09 Å². The molecule has 0 aliphatic rings. The van der Waals surface area contributed by atoms with Crippen molar-refractivity contribution in [1.29, 1.82) is 0 Å². The summed E-state index contributed by atoms with van der Waals surface area (Å²) in [6.07, 6.45) is 12.3. The first-order valence-corrected chi connectivity index (χ1v) is 9.16. The summed E-state index contributed by atoms with van der Waals surface area (Å²) in [7, 11) is 0. The third-order valence-electron chi connectivity index (χ3n) is 4.04. The summed E-state index contributed by atoms with van der Waals surface area (Å²) in [6.45, 7) is 6.59. The van der Waals surface area contributed by atoms with Gasteiger partial charge in [-0.3, -0.25) is 0 Å². The number of nitrogens with one attached hydrogen (secondary N) is 1. The molecule has 0 saturated heterocycles. The van der Waals surface area contributed by atoms with Gasteiger partial charge in [-0.25, -0.2) is 4.79 Å². The molecule has 0 aromatic carbocycles. The standard InChI is InChI=1S/C18H37NO3/c1-4-5-6-7-8-9-10-11-12-13-14-22-18(21)19-17(15-20)16(2)3/h16-17,20H,4-15H2,1-3H3,(H,19,21)/t17-/m1/s1. The third kappa shape index (κ3) is 12.9. The van der Waals surface area contributed by atoms with Gasteiger partial charge >= 0.3 is 6.09 Å². The Bertz CT molecular complexity index is 257. The fourth-order valence-corrected chi connectivity index (χ4v) is 2.37. The van der Waals surface area contributed by atoms with Crippen LogP contribution >= 0.6 is 0 Å². The van der Waals surface area contributed by atoms with Crippen LogP contribution in [0.15, 0.2) is 0 Å². The molecule has 0 aliphatic carbocycles. The highest BCUT2D eigenvalue weighted by Gasteiger charge is 2.15. The number of hydrogen-bond donors (Lipinski definition) is 2. The van der Waals surface area contributed by atoms with Crippen LogP contribution in [-0.2, 0) is 4.74 Å². The van der Waals surface area contributed by atoms with Gasteiger partial charge in [0, 0.05) is 0 Å². The maximum atomic E-state index is 11.5. The second kappa shape index (κ2) is 15.1. The lowest BCUT2D eigenvalue weighted by Crippen LogP contribution is -2.41. The first-order chi connectivity index (χ1) is 10.6. The minimum absolute atomic E-state index is 0.0506. The maximum Gasteiger partial charge on any atom is 0.407 e. The number of carbonyl (C=O) groups is 1. The molecule has 0 bridgehead atoms. The van der Waals surface area contributed by atoms with E-state index in [9.17, 15) is 4.79 Å². The molecule has 132 valence electrons. The van der Waals surface area contributed by atoms with E-state index in [1.165, 1.54) is 51.4 Å². The second-order valence-corrected chi connectivity index (χ2v) is 6.50. The van der Waals surface area contributed by atoms with Gasteiger partial charge in [-0.2, -0.15) is 0 Å². The highest BCUT2D eigenvalue weighted by Crippen LogP contribution is 2.10. The molecule has 0 fully saturated rings. The zero-order valence-electron chi connectivity index (χ0n) is 14.9. The first kappa shape index (κ1) is 21.2. The van der Waals surface area contributed by atoms with Crippen LogP contribution in [0.25, 0.3) is 0 Å². The monoisotopic (exact) mass is 315 g/mol. The molecule has 1 atom stereocenters. The van der Waals surface area contributed by atoms with Crippen LogP contribution in [0.1, 0.15) is 85.0 Å². The Morgan fingerprint density at radius 3 is 1.91 bits per heavy atom. The van der Waals surface area contributed by atoms with Gasteiger partial charge in [0.2, 0.25) is 0 Å². The normalized spacial score (nSPS) is 12.4. The van der Waals surface area contributed by atoms with Crippen LogP contribution in [0.5, 0.6) is 0 Å². The Hall–Kier alpha value is -0.770. The van der Waals surface area contributed by atoms with E-state index in [2.05, 4.69) is 12.2 Å². The Labute approximate surface area is 137 Å². The first-order valence-electron chi connectivity index (χ1n) is 9.16. The van der Waals surface area contributed by atoms with Crippen molar-refractivity contribution in [3.8, 4) is 0 Å². The van der Waals surface area contributed by atoms with E-state index in [1.54, 1.807) is 0 Å². The summed E-state index contributed by atoms with van der Waals surface area (Å²) < 4.78 is 5.14. The van der Waals surface area contributed by atoms with Crippen LogP contribution < -0.4 is 5.32 Å². The van der Waals surface area contributed by atoms with Crippen molar-refractivity contribution >= 4 is 6.09 Å². The molecule has 0 aliphatic heterocycles. The zero-order valence-corrected chi connectivity index (χ0v) is 14.9. The molecule has 4 nitrogen and oxygen atoms in total. The van der Waals surface area contributed by atoms with Gasteiger partial charge in [-0.1, -0.05) is 78.6 Å². The molecule has 0 aromatic heterocycles. The molecule has 0 heterocycles. The summed E-state index contributed by atoms with van der Waals surface area (Å²) in [6, 6.07) is -0.222. The number of ether oxygens (including phenoxy) is 1. The molecule has 0 saturated carbocycles. The van der Waals surface area contributed by atoms with Crippen molar-refractivity contribution in [3.05, 3.63) is 0 Å². The average Bonchev–Trinajstić information content (AvgIpc) is 2.50. The van der Waals surface area contributed by atoms with Gasteiger partial charge < -0.3 is 15.2 Å². The number of carbonyl (C=O) groups excluding carboxylic acids is 1. The van der Waals surface area contributed by atoms with Crippen molar-refractivity contribution in [3.63, 3.8) is 0 Å². The number of unbranched alkanes of at least 4 members (excludes halogenated alkanes) is 9. The average molecular weight is 315 g/mol. The van der Waals surface area contributed by atoms with Crippen LogP contribution in [0, 0.1) is 5.92 Å². The van der Waals surface area contributed by atoms with Crippen molar-refractivity contribution in [2.75, 3.05) is 13.2 Å². The number of amides is 1. The highest BCUT2D eigenvalue weighted by atomic mass is 16.5. The van der Waals surface area contributed by atoms with Crippen LogP contribution in [0.2, 0.25) is 0 Å². The zero-order chi connectivity index (χ0) is 16.6. The number of hydrogen-bond acceptors (Lipinski definition) is 3. The smallest absolute Gasteiger partial charge is 0.407 e. The summed E-state index contributed by atoms with van der Waals surface area (Å²) >= 11 is 0. The number of aliphatic hydroxyl groups is 1. The van der Waals surface area contributed by atoms with Gasteiger partial charge in [-0.15, -0.1) is 0 Å². The lowest BCUT2D eigenvalue weighted by Gasteiger charge is -2.19. The van der Waals surface area contributed by atoms with E-state index in [4.69, 9.17) is 9.84 Å². The summed E-state index contributed by atoms with van der Waals surface area (Å²) in [4.78, 5) is 11.5. The van der Waals surface area contributed by atoms with E-state index in [0.29, 0.717) is 6.61 Å². The molecule has 1 amide bonds. The third-order valence-corrected chi connectivity index (χ3v) is 4.04. The van der Waals surface area contributed by atoms with Crippen LogP contribution in [0.3, 0.4) is 0 Å². The molecule has 0 spiro atoms. The predicted molar refractivity (Wildman–Crippen MR) is 92.0 cm³/mol. The van der Waals surface area contributed by atoms with Crippen LogP contribution in [0.4, 0.5) is 4.79 Å². The molecule has 4 heteroatoms. The van der Waals surface area contributed by atoms with Gasteiger partial charge in [0.05, 0.1) is 19.3 Å². The Morgan fingerprint density at radius 1 is 0.955 bits per heavy atom. The fraction of sp³-hybridized carbons (Fsp3) is 0.944. The minimum Gasteiger partial charge on any atom is -0.450 e. The van der Waals surface area contributed by atoms with Gasteiger partial charge in [-0.05, 0) is 12.3 Å². The minimum atomic E-state index is -0.413. The van der Waals surface area contributed by atoms with Crippen LogP contribution in [-0.4, -0.2) is 30.5 Å². The van der Waals surface area contributed by atoms with E-state index >= 15 is 0 Å². The molecule has 0 rings (SSSR count). The lowest BCUT2D eigenvalue weighted by atomic mass is 10.1. The highest BCUT2D eigenvalue weighted by molar-refractivity contribution is 5.67. The molecule has 2 N–H and O–H groups in total. The molecule has 0 aromatic rings. The second-order valence-electron chi connectivity index (χ2n) is 6.50. The summed E-state index contributed by atoms with van der Waals surface area (Å²) in [5.41, 5.74) is 0. The van der Waals surface area contributed by atoms with E-state index in [-0.39, 0.29) is 18.6 Å². The van der Waals surface area contributed by atoms with Crippen molar-refractivity contribution < 1.29 is 14.6 Å². The number of aliphatic hydroxyl groups excluding tert-OH is 1.